The number of nitrogens with one attached hydrogen (secondary N) is 3. The van der Waals surface area contributed by atoms with E-state index in [1.165, 1.54) is 0 Å². The quantitative estimate of drug-likeness (QED) is 0.126. The molecule has 12 heteroatoms. The molecular formula is C46H44N6O4S2. The van der Waals surface area contributed by atoms with Gasteiger partial charge in [-0.1, -0.05) is 78.9 Å². The van der Waals surface area contributed by atoms with Crippen molar-refractivity contribution in [2.75, 3.05) is 36.1 Å². The maximum Gasteiger partial charge on any atom is 0.229 e. The van der Waals surface area contributed by atoms with E-state index in [4.69, 9.17) is 9.97 Å². The molecule has 2 aliphatic rings. The predicted molar refractivity (Wildman–Crippen MR) is 236 cm³/mol. The Labute approximate surface area is 340 Å². The highest BCUT2D eigenvalue weighted by Gasteiger charge is 2.32. The van der Waals surface area contributed by atoms with Crippen LogP contribution in [0.3, 0.4) is 0 Å². The van der Waals surface area contributed by atoms with Crippen LogP contribution in [0.25, 0.3) is 46.1 Å². The number of hydrogen-bond acceptors (Lipinski definition) is 8. The number of anilines is 2. The van der Waals surface area contributed by atoms with Gasteiger partial charge >= 0.3 is 0 Å². The van der Waals surface area contributed by atoms with Crippen LogP contribution in [0, 0.1) is 0 Å². The van der Waals surface area contributed by atoms with Gasteiger partial charge in [0.25, 0.3) is 0 Å². The van der Waals surface area contributed by atoms with Gasteiger partial charge in [-0.15, -0.1) is 0 Å². The summed E-state index contributed by atoms with van der Waals surface area (Å²) in [6.45, 7) is 2.11. The van der Waals surface area contributed by atoms with Crippen molar-refractivity contribution in [1.29, 1.82) is 0 Å². The molecule has 0 aliphatic heterocycles. The predicted octanol–water partition coefficient (Wildman–Crippen LogP) is 8.31. The topological polar surface area (TPSA) is 133 Å². The fourth-order valence-electron chi connectivity index (χ4n) is 8.02. The lowest BCUT2D eigenvalue weighted by atomic mass is 9.88. The fourth-order valence-corrected chi connectivity index (χ4v) is 9.13. The second-order valence-corrected chi connectivity index (χ2v) is 18.6. The molecule has 0 spiro atoms. The van der Waals surface area contributed by atoms with Crippen LogP contribution in [-0.4, -0.2) is 64.4 Å². The first-order valence-corrected chi connectivity index (χ1v) is 22.7. The molecule has 58 heavy (non-hydrogen) atoms. The zero-order chi connectivity index (χ0) is 40.8. The van der Waals surface area contributed by atoms with Gasteiger partial charge in [-0.2, -0.15) is 0 Å². The molecule has 294 valence electrons. The molecule has 0 radical (unpaired) electrons. The summed E-state index contributed by atoms with van der Waals surface area (Å²) in [6, 6.07) is 34.8. The average Bonchev–Trinajstić information content (AvgIpc) is 3.42. The minimum absolute atomic E-state index is 0.283. The molecule has 0 bridgehead atoms. The average molecular weight is 809 g/mol. The van der Waals surface area contributed by atoms with Gasteiger partial charge in [-0.25, -0.2) is 16.8 Å². The summed E-state index contributed by atoms with van der Waals surface area (Å²) in [6.07, 6.45) is 12.2. The second kappa shape index (κ2) is 15.4. The van der Waals surface area contributed by atoms with Crippen molar-refractivity contribution in [2.45, 2.75) is 25.0 Å². The van der Waals surface area contributed by atoms with Crippen molar-refractivity contribution in [3.05, 3.63) is 166 Å². The van der Waals surface area contributed by atoms with Crippen molar-refractivity contribution in [2.24, 2.45) is 0 Å². The number of aromatic nitrogens is 2. The first-order chi connectivity index (χ1) is 27.7. The third-order valence-electron chi connectivity index (χ3n) is 10.5. The van der Waals surface area contributed by atoms with Gasteiger partial charge in [0.15, 0.2) is 0 Å². The van der Waals surface area contributed by atoms with Gasteiger partial charge in [0, 0.05) is 46.5 Å². The van der Waals surface area contributed by atoms with Crippen LogP contribution in [0.5, 0.6) is 0 Å². The highest BCUT2D eigenvalue weighted by Crippen LogP contribution is 2.43. The van der Waals surface area contributed by atoms with E-state index in [2.05, 4.69) is 69.1 Å². The Morgan fingerprint density at radius 3 is 1.74 bits per heavy atom. The summed E-state index contributed by atoms with van der Waals surface area (Å²) >= 11 is 0. The first-order valence-electron chi connectivity index (χ1n) is 18.9. The van der Waals surface area contributed by atoms with Crippen LogP contribution < -0.4 is 14.8 Å². The molecule has 3 unspecified atom stereocenters. The standard InChI is InChI=1S/C46H44N6O4S2/c1-29(49-45-39-24-35(50-57(4,53)54)18-16-32(39)17-21-43-41(45)22-33(27-47-43)30-12-8-6-9-13-30)38-26-44-42(23-34(28-48-44)31-14-10-7-11-15-31)46(52(2)3)40-25-36(19-20-37(38)40)51-58(5,55)56/h6-29,45-46,49-51H,1-5H3. The van der Waals surface area contributed by atoms with Crippen molar-refractivity contribution in [3.8, 4) is 22.3 Å². The van der Waals surface area contributed by atoms with E-state index < -0.39 is 26.1 Å². The van der Waals surface area contributed by atoms with E-state index in [0.29, 0.717) is 11.4 Å². The summed E-state index contributed by atoms with van der Waals surface area (Å²) < 4.78 is 55.2. The van der Waals surface area contributed by atoms with Crippen LogP contribution in [0.15, 0.2) is 122 Å². The SMILES string of the molecule is CC(NC1c2cc(NS(C)(=O)=O)ccc2C=Cc2ncc(-c3ccccc3)cc21)C1=Cc2ncc(-c3ccccc3)cc2C(N(C)C)c2cc(NS(C)(=O)=O)ccc21. The molecule has 3 N–H and O–H groups in total. The third kappa shape index (κ3) is 8.23. The molecule has 2 aromatic heterocycles. The number of benzene rings is 4. The number of pyridine rings is 2. The van der Waals surface area contributed by atoms with Crippen molar-refractivity contribution in [1.82, 2.24) is 20.2 Å². The molecule has 8 rings (SSSR count). The zero-order valence-corrected chi connectivity index (χ0v) is 34.4. The molecule has 3 atom stereocenters. The maximum atomic E-state index is 12.5. The maximum absolute atomic E-state index is 12.5. The zero-order valence-electron chi connectivity index (χ0n) is 32.8. The van der Waals surface area contributed by atoms with Crippen LogP contribution in [0.4, 0.5) is 11.4 Å². The van der Waals surface area contributed by atoms with E-state index in [1.807, 2.05) is 99.3 Å². The Morgan fingerprint density at radius 2 is 1.16 bits per heavy atom. The third-order valence-corrected chi connectivity index (χ3v) is 11.7. The van der Waals surface area contributed by atoms with Gasteiger partial charge in [0.05, 0.1) is 36.0 Å². The lowest BCUT2D eigenvalue weighted by molar-refractivity contribution is 0.341. The molecule has 4 aromatic carbocycles. The number of rotatable bonds is 10. The highest BCUT2D eigenvalue weighted by atomic mass is 32.2. The van der Waals surface area contributed by atoms with E-state index in [-0.39, 0.29) is 12.1 Å². The number of nitrogens with zero attached hydrogens (tertiary/aromatic N) is 3. The lowest BCUT2D eigenvalue weighted by Gasteiger charge is -2.30. The molecule has 2 aliphatic carbocycles. The Morgan fingerprint density at radius 1 is 0.603 bits per heavy atom. The lowest BCUT2D eigenvalue weighted by Crippen LogP contribution is -2.33. The molecule has 0 amide bonds. The molecule has 6 aromatic rings. The fraction of sp³-hybridized carbons (Fsp3) is 0.174. The van der Waals surface area contributed by atoms with E-state index >= 15 is 0 Å². The molecule has 10 nitrogen and oxygen atoms in total. The normalized spacial score (nSPS) is 16.5. The van der Waals surface area contributed by atoms with Crippen LogP contribution in [0.1, 0.15) is 63.8 Å². The van der Waals surface area contributed by atoms with Gasteiger partial charge in [-0.05, 0) is 114 Å². The van der Waals surface area contributed by atoms with Gasteiger partial charge in [-0.3, -0.25) is 29.6 Å². The minimum Gasteiger partial charge on any atom is -0.299 e. The van der Waals surface area contributed by atoms with E-state index in [0.717, 1.165) is 85.1 Å². The van der Waals surface area contributed by atoms with Gasteiger partial charge in [0.2, 0.25) is 20.0 Å². The monoisotopic (exact) mass is 808 g/mol. The first kappa shape index (κ1) is 38.9. The Balaban J connectivity index is 1.31. The van der Waals surface area contributed by atoms with Crippen LogP contribution in [-0.2, 0) is 20.0 Å². The smallest absolute Gasteiger partial charge is 0.229 e. The summed E-state index contributed by atoms with van der Waals surface area (Å²) in [5.74, 6) is 0. The summed E-state index contributed by atoms with van der Waals surface area (Å²) in [4.78, 5) is 12.2. The number of fused-ring (bicyclic) bond motifs is 4. The number of sulfonamides is 2. The van der Waals surface area contributed by atoms with E-state index in [9.17, 15) is 16.8 Å². The molecule has 0 fully saturated rings. The van der Waals surface area contributed by atoms with E-state index in [1.54, 1.807) is 12.1 Å². The molecule has 0 saturated carbocycles. The molecule has 2 heterocycles. The second-order valence-electron chi connectivity index (χ2n) is 15.1. The molecular weight excluding hydrogens is 765 g/mol. The Kier molecular flexibility index (Phi) is 10.4. The Hall–Kier alpha value is -5.92. The summed E-state index contributed by atoms with van der Waals surface area (Å²) in [7, 11) is -3.08. The summed E-state index contributed by atoms with van der Waals surface area (Å²) in [5.41, 5.74) is 13.0. The largest absolute Gasteiger partial charge is 0.299 e. The van der Waals surface area contributed by atoms with Crippen molar-refractivity contribution >= 4 is 55.2 Å². The van der Waals surface area contributed by atoms with Crippen molar-refractivity contribution < 1.29 is 16.8 Å². The summed E-state index contributed by atoms with van der Waals surface area (Å²) in [5, 5.41) is 3.96. The van der Waals surface area contributed by atoms with Crippen molar-refractivity contribution in [3.63, 3.8) is 0 Å². The molecule has 0 saturated heterocycles. The minimum atomic E-state index is -3.56. The van der Waals surface area contributed by atoms with Gasteiger partial charge in [0.1, 0.15) is 0 Å². The van der Waals surface area contributed by atoms with Crippen LogP contribution in [0.2, 0.25) is 0 Å². The Bertz CT molecular complexity index is 2830. The highest BCUT2D eigenvalue weighted by molar-refractivity contribution is 7.92. The van der Waals surface area contributed by atoms with Crippen LogP contribution >= 0.6 is 0 Å². The number of hydrogen-bond donors (Lipinski definition) is 3. The van der Waals surface area contributed by atoms with Gasteiger partial charge < -0.3 is 0 Å².